The van der Waals surface area contributed by atoms with Crippen LogP contribution in [0.25, 0.3) is 0 Å². The second-order valence-corrected chi connectivity index (χ2v) is 8.07. The molecule has 0 spiro atoms. The van der Waals surface area contributed by atoms with E-state index in [9.17, 15) is 9.59 Å². The second kappa shape index (κ2) is 3.66. The molecule has 3 aliphatic carbocycles. The third kappa shape index (κ3) is 1.06. The molecule has 0 N–H and O–H groups in total. The highest BCUT2D eigenvalue weighted by Crippen LogP contribution is 2.72. The van der Waals surface area contributed by atoms with E-state index in [0.29, 0.717) is 0 Å². The van der Waals surface area contributed by atoms with Crippen molar-refractivity contribution in [3.8, 4) is 0 Å². The van der Waals surface area contributed by atoms with E-state index in [-0.39, 0.29) is 28.3 Å². The van der Waals surface area contributed by atoms with Crippen molar-refractivity contribution >= 4 is 0 Å². The van der Waals surface area contributed by atoms with Crippen LogP contribution in [-0.2, 0) is 24.4 Å². The van der Waals surface area contributed by atoms with Crippen molar-refractivity contribution in [1.82, 2.24) is 13.9 Å². The third-order valence-electron chi connectivity index (χ3n) is 7.41. The van der Waals surface area contributed by atoms with Gasteiger partial charge in [-0.3, -0.25) is 0 Å². The molecule has 0 unspecified atom stereocenters. The quantitative estimate of drug-likeness (QED) is 0.688. The molecular formula is C20H19N3O2. The van der Waals surface area contributed by atoms with Crippen LogP contribution < -0.4 is 11.4 Å². The van der Waals surface area contributed by atoms with Crippen LogP contribution in [-0.4, -0.2) is 13.9 Å². The first kappa shape index (κ1) is 13.7. The molecule has 2 aromatic rings. The van der Waals surface area contributed by atoms with Crippen molar-refractivity contribution in [2.75, 3.05) is 0 Å². The zero-order chi connectivity index (χ0) is 17.2. The molecule has 0 saturated carbocycles. The molecule has 1 aromatic heterocycles. The summed E-state index contributed by atoms with van der Waals surface area (Å²) in [6.07, 6.45) is 10.9. The number of fused-ring (bicyclic) bond motifs is 1. The Balaban J connectivity index is 1.82. The normalized spacial score (nSPS) is 38.6. The van der Waals surface area contributed by atoms with Gasteiger partial charge in [-0.1, -0.05) is 48.6 Å². The molecule has 2 bridgehead atoms. The predicted molar refractivity (Wildman–Crippen MR) is 93.8 cm³/mol. The van der Waals surface area contributed by atoms with Crippen molar-refractivity contribution < 1.29 is 0 Å². The number of hydrogen-bond acceptors (Lipinski definition) is 2. The minimum atomic E-state index is -0.579. The zero-order valence-corrected chi connectivity index (χ0v) is 14.3. The lowest BCUT2D eigenvalue weighted by Crippen LogP contribution is -2.74. The minimum absolute atomic E-state index is 0.103. The van der Waals surface area contributed by atoms with Crippen LogP contribution in [0.4, 0.5) is 0 Å². The molecule has 1 aromatic carbocycles. The summed E-state index contributed by atoms with van der Waals surface area (Å²) in [5.74, 6) is 0. The lowest BCUT2D eigenvalue weighted by molar-refractivity contribution is -0.0557. The summed E-state index contributed by atoms with van der Waals surface area (Å²) < 4.78 is 4.66. The van der Waals surface area contributed by atoms with E-state index < -0.39 is 5.54 Å². The van der Waals surface area contributed by atoms with Gasteiger partial charge in [0.05, 0.1) is 17.0 Å². The lowest BCUT2D eigenvalue weighted by Gasteiger charge is -2.71. The summed E-state index contributed by atoms with van der Waals surface area (Å²) in [6.45, 7) is 2.11. The first-order chi connectivity index (χ1) is 12.0. The van der Waals surface area contributed by atoms with Crippen LogP contribution >= 0.6 is 0 Å². The Labute approximate surface area is 144 Å². The summed E-state index contributed by atoms with van der Waals surface area (Å²) in [4.78, 5) is 25.7. The molecular weight excluding hydrogens is 314 g/mol. The van der Waals surface area contributed by atoms with Gasteiger partial charge in [0.1, 0.15) is 0 Å². The SMILES string of the molecule is Cn1c(=O)n2n(c1=O)[C@@]1(C)C=C[C@H]2[C@]23C=C[C@]21c1ccccc1CC3. The minimum Gasteiger partial charge on any atom is -0.246 e. The molecule has 5 aliphatic rings. The number of nitrogens with zero attached hydrogens (tertiary/aromatic N) is 3. The van der Waals surface area contributed by atoms with Crippen LogP contribution in [0.5, 0.6) is 0 Å². The Morgan fingerprint density at radius 2 is 1.88 bits per heavy atom. The molecule has 4 atom stereocenters. The fourth-order valence-electron chi connectivity index (χ4n) is 6.28. The molecule has 3 heterocycles. The van der Waals surface area contributed by atoms with E-state index in [2.05, 4.69) is 55.5 Å². The predicted octanol–water partition coefficient (Wildman–Crippen LogP) is 1.63. The number of aryl methyl sites for hydroxylation is 1. The van der Waals surface area contributed by atoms with E-state index in [1.54, 1.807) is 16.4 Å². The average molecular weight is 333 g/mol. The smallest absolute Gasteiger partial charge is 0.246 e. The van der Waals surface area contributed by atoms with E-state index in [4.69, 9.17) is 0 Å². The Kier molecular flexibility index (Phi) is 2.01. The van der Waals surface area contributed by atoms with Crippen LogP contribution in [0, 0.1) is 5.41 Å². The highest BCUT2D eigenvalue weighted by atomic mass is 16.2. The molecule has 5 heteroatoms. The van der Waals surface area contributed by atoms with Crippen molar-refractivity contribution in [3.05, 3.63) is 80.7 Å². The average Bonchev–Trinajstić information content (AvgIpc) is 2.82. The molecule has 0 saturated heterocycles. The van der Waals surface area contributed by atoms with Crippen molar-refractivity contribution in [2.45, 2.75) is 36.8 Å². The number of allylic oxidation sites excluding steroid dienone is 4. The van der Waals surface area contributed by atoms with E-state index >= 15 is 0 Å². The van der Waals surface area contributed by atoms with Gasteiger partial charge in [-0.2, -0.15) is 0 Å². The molecule has 126 valence electrons. The largest absolute Gasteiger partial charge is 0.347 e. The van der Waals surface area contributed by atoms with Crippen molar-refractivity contribution in [3.63, 3.8) is 0 Å². The fraction of sp³-hybridized carbons (Fsp3) is 0.400. The summed E-state index contributed by atoms with van der Waals surface area (Å²) in [5, 5.41) is 0. The van der Waals surface area contributed by atoms with Gasteiger partial charge in [0.15, 0.2) is 0 Å². The number of benzene rings is 1. The highest BCUT2D eigenvalue weighted by Gasteiger charge is 2.74. The van der Waals surface area contributed by atoms with E-state index in [1.807, 2.05) is 0 Å². The number of aromatic nitrogens is 3. The van der Waals surface area contributed by atoms with Crippen LogP contribution in [0.1, 0.15) is 30.5 Å². The standard InChI is InChI=1S/C20H19N3O2/c1-18-9-8-15(22-16(24)21(2)17(25)23(18)22)19-10-7-13-5-3-4-6-14(13)20(18,19)12-11-19/h3-6,8-9,11-12,15H,7,10H2,1-2H3/t15-,18-,19-,20+/m0/s1. The number of hydrogen-bond donors (Lipinski definition) is 0. The Morgan fingerprint density at radius 1 is 1.08 bits per heavy atom. The van der Waals surface area contributed by atoms with Crippen molar-refractivity contribution in [1.29, 1.82) is 0 Å². The van der Waals surface area contributed by atoms with Gasteiger partial charge >= 0.3 is 11.4 Å². The highest BCUT2D eigenvalue weighted by molar-refractivity contribution is 5.59. The summed E-state index contributed by atoms with van der Waals surface area (Å²) in [7, 11) is 1.58. The van der Waals surface area contributed by atoms with Crippen molar-refractivity contribution in [2.24, 2.45) is 12.5 Å². The maximum atomic E-state index is 12.9. The summed E-state index contributed by atoms with van der Waals surface area (Å²) >= 11 is 0. The zero-order valence-electron chi connectivity index (χ0n) is 14.3. The first-order valence-corrected chi connectivity index (χ1v) is 8.87. The topological polar surface area (TPSA) is 48.9 Å². The van der Waals surface area contributed by atoms with E-state index in [0.717, 1.165) is 12.8 Å². The Hall–Kier alpha value is -2.56. The molecule has 5 nitrogen and oxygen atoms in total. The Bertz CT molecular complexity index is 1150. The van der Waals surface area contributed by atoms with Gasteiger partial charge in [0, 0.05) is 12.5 Å². The van der Waals surface area contributed by atoms with Gasteiger partial charge in [-0.25, -0.2) is 23.5 Å². The number of rotatable bonds is 0. The molecule has 2 aliphatic heterocycles. The maximum Gasteiger partial charge on any atom is 0.347 e. The lowest BCUT2D eigenvalue weighted by atomic mass is 9.37. The monoisotopic (exact) mass is 333 g/mol. The van der Waals surface area contributed by atoms with E-state index in [1.165, 1.54) is 15.7 Å². The van der Waals surface area contributed by atoms with Crippen LogP contribution in [0.3, 0.4) is 0 Å². The van der Waals surface area contributed by atoms with Gasteiger partial charge in [0.25, 0.3) is 0 Å². The maximum absolute atomic E-state index is 12.9. The third-order valence-corrected chi connectivity index (χ3v) is 7.41. The first-order valence-electron chi connectivity index (χ1n) is 8.87. The molecule has 0 radical (unpaired) electrons. The molecule has 7 rings (SSSR count). The molecule has 0 fully saturated rings. The molecule has 0 amide bonds. The van der Waals surface area contributed by atoms with Gasteiger partial charge in [-0.05, 0) is 30.9 Å². The van der Waals surface area contributed by atoms with Crippen LogP contribution in [0.2, 0.25) is 0 Å². The fourth-order valence-corrected chi connectivity index (χ4v) is 6.28. The van der Waals surface area contributed by atoms with Gasteiger partial charge in [-0.15, -0.1) is 0 Å². The van der Waals surface area contributed by atoms with Gasteiger partial charge in [0.2, 0.25) is 0 Å². The second-order valence-electron chi connectivity index (χ2n) is 8.07. The van der Waals surface area contributed by atoms with Gasteiger partial charge < -0.3 is 0 Å². The van der Waals surface area contributed by atoms with Crippen LogP contribution in [0.15, 0.2) is 58.2 Å². The summed E-state index contributed by atoms with van der Waals surface area (Å²) in [5.41, 5.74) is 1.28. The summed E-state index contributed by atoms with van der Waals surface area (Å²) in [6, 6.07) is 8.49. The molecule has 25 heavy (non-hydrogen) atoms. The Morgan fingerprint density at radius 3 is 2.64 bits per heavy atom.